The lowest BCUT2D eigenvalue weighted by atomic mass is 10.1. The first-order chi connectivity index (χ1) is 6.63. The number of rotatable bonds is 3. The second-order valence-corrected chi connectivity index (χ2v) is 2.90. The van der Waals surface area contributed by atoms with Crippen LogP contribution in [0.3, 0.4) is 0 Å². The Balaban J connectivity index is 2.91. The Bertz CT molecular complexity index is 367. The number of aliphatic carboxylic acids is 1. The third kappa shape index (κ3) is 2.62. The van der Waals surface area contributed by atoms with Crippen molar-refractivity contribution in [2.24, 2.45) is 0 Å². The van der Waals surface area contributed by atoms with E-state index in [1.54, 1.807) is 13.2 Å². The Morgan fingerprint density at radius 1 is 1.50 bits per heavy atom. The van der Waals surface area contributed by atoms with Crippen LogP contribution in [0.15, 0.2) is 24.3 Å². The first kappa shape index (κ1) is 10.3. The van der Waals surface area contributed by atoms with Crippen LogP contribution in [0.4, 0.5) is 0 Å². The Morgan fingerprint density at radius 3 is 2.71 bits per heavy atom. The van der Waals surface area contributed by atoms with E-state index in [0.717, 1.165) is 23.0 Å². The highest BCUT2D eigenvalue weighted by Crippen LogP contribution is 2.18. The van der Waals surface area contributed by atoms with E-state index in [0.29, 0.717) is 0 Å². The van der Waals surface area contributed by atoms with Crippen molar-refractivity contribution in [3.8, 4) is 5.75 Å². The molecule has 0 saturated carbocycles. The third-order valence-electron chi connectivity index (χ3n) is 1.84. The van der Waals surface area contributed by atoms with Crippen LogP contribution in [0.2, 0.25) is 0 Å². The molecule has 0 fully saturated rings. The summed E-state index contributed by atoms with van der Waals surface area (Å²) >= 11 is 0. The summed E-state index contributed by atoms with van der Waals surface area (Å²) in [7, 11) is 1.61. The van der Waals surface area contributed by atoms with Gasteiger partial charge < -0.3 is 9.84 Å². The van der Waals surface area contributed by atoms with E-state index in [1.165, 1.54) is 0 Å². The summed E-state index contributed by atoms with van der Waals surface area (Å²) in [6.07, 6.45) is 2.66. The van der Waals surface area contributed by atoms with E-state index >= 15 is 0 Å². The van der Waals surface area contributed by atoms with Crippen LogP contribution < -0.4 is 4.74 Å². The van der Waals surface area contributed by atoms with Gasteiger partial charge in [-0.05, 0) is 36.3 Å². The van der Waals surface area contributed by atoms with Crippen LogP contribution in [0.25, 0.3) is 6.08 Å². The number of methoxy groups -OCH3 is 1. The standard InChI is InChI=1S/C11H12O3/c1-8-7-9(4-6-11(12)13)3-5-10(8)14-2/h3-7H,1-2H3,(H,12,13)/b6-4+. The van der Waals surface area contributed by atoms with E-state index in [4.69, 9.17) is 9.84 Å². The van der Waals surface area contributed by atoms with Crippen molar-refractivity contribution in [2.75, 3.05) is 7.11 Å². The fourth-order valence-corrected chi connectivity index (χ4v) is 1.17. The van der Waals surface area contributed by atoms with Crippen molar-refractivity contribution in [3.63, 3.8) is 0 Å². The second kappa shape index (κ2) is 4.46. The lowest BCUT2D eigenvalue weighted by Gasteiger charge is -2.04. The molecule has 0 aliphatic carbocycles. The highest BCUT2D eigenvalue weighted by Gasteiger charge is 1.97. The topological polar surface area (TPSA) is 46.5 Å². The minimum absolute atomic E-state index is 0.803. The van der Waals surface area contributed by atoms with Crippen LogP contribution >= 0.6 is 0 Å². The number of aryl methyl sites for hydroxylation is 1. The molecule has 1 N–H and O–H groups in total. The Morgan fingerprint density at radius 2 is 2.21 bits per heavy atom. The summed E-state index contributed by atoms with van der Waals surface area (Å²) in [4.78, 5) is 10.3. The smallest absolute Gasteiger partial charge is 0.328 e. The molecule has 0 spiro atoms. The van der Waals surface area contributed by atoms with E-state index in [-0.39, 0.29) is 0 Å². The number of hydrogen-bond acceptors (Lipinski definition) is 2. The molecule has 0 radical (unpaired) electrons. The molecule has 74 valence electrons. The number of carbonyl (C=O) groups is 1. The zero-order valence-electron chi connectivity index (χ0n) is 8.15. The average molecular weight is 192 g/mol. The number of benzene rings is 1. The summed E-state index contributed by atoms with van der Waals surface area (Å²) in [5, 5.41) is 8.43. The molecular formula is C11H12O3. The van der Waals surface area contributed by atoms with Gasteiger partial charge in [0.2, 0.25) is 0 Å². The molecule has 3 nitrogen and oxygen atoms in total. The quantitative estimate of drug-likeness (QED) is 0.746. The highest BCUT2D eigenvalue weighted by molar-refractivity contribution is 5.85. The van der Waals surface area contributed by atoms with Crippen LogP contribution in [0.5, 0.6) is 5.75 Å². The fourth-order valence-electron chi connectivity index (χ4n) is 1.17. The average Bonchev–Trinajstić information content (AvgIpc) is 2.15. The third-order valence-corrected chi connectivity index (χ3v) is 1.84. The maximum Gasteiger partial charge on any atom is 0.328 e. The monoisotopic (exact) mass is 192 g/mol. The molecule has 0 bridgehead atoms. The van der Waals surface area contributed by atoms with Gasteiger partial charge in [-0.25, -0.2) is 4.79 Å². The van der Waals surface area contributed by atoms with Crippen molar-refractivity contribution in [2.45, 2.75) is 6.92 Å². The minimum Gasteiger partial charge on any atom is -0.496 e. The van der Waals surface area contributed by atoms with Gasteiger partial charge in [0.15, 0.2) is 0 Å². The van der Waals surface area contributed by atoms with Crippen LogP contribution in [-0.2, 0) is 4.79 Å². The molecule has 1 rings (SSSR count). The van der Waals surface area contributed by atoms with Crippen LogP contribution in [-0.4, -0.2) is 18.2 Å². The van der Waals surface area contributed by atoms with Gasteiger partial charge in [-0.15, -0.1) is 0 Å². The van der Waals surface area contributed by atoms with Crippen molar-refractivity contribution in [1.82, 2.24) is 0 Å². The molecule has 1 aromatic carbocycles. The number of ether oxygens (including phenoxy) is 1. The predicted octanol–water partition coefficient (Wildman–Crippen LogP) is 2.10. The zero-order chi connectivity index (χ0) is 10.6. The predicted molar refractivity (Wildman–Crippen MR) is 54.4 cm³/mol. The van der Waals surface area contributed by atoms with Gasteiger partial charge in [0.1, 0.15) is 5.75 Å². The molecular weight excluding hydrogens is 180 g/mol. The first-order valence-electron chi connectivity index (χ1n) is 4.19. The molecule has 1 aromatic rings. The first-order valence-corrected chi connectivity index (χ1v) is 4.19. The number of carboxylic acids is 1. The van der Waals surface area contributed by atoms with Crippen molar-refractivity contribution in [1.29, 1.82) is 0 Å². The van der Waals surface area contributed by atoms with Gasteiger partial charge >= 0.3 is 5.97 Å². The van der Waals surface area contributed by atoms with E-state index in [1.807, 2.05) is 25.1 Å². The van der Waals surface area contributed by atoms with Gasteiger partial charge in [0.25, 0.3) is 0 Å². The molecule has 0 unspecified atom stereocenters. The summed E-state index contributed by atoms with van der Waals surface area (Å²) in [6, 6.07) is 5.50. The fraction of sp³-hybridized carbons (Fsp3) is 0.182. The molecule has 0 aromatic heterocycles. The molecule has 14 heavy (non-hydrogen) atoms. The van der Waals surface area contributed by atoms with Crippen LogP contribution in [0.1, 0.15) is 11.1 Å². The summed E-state index contributed by atoms with van der Waals surface area (Å²) < 4.78 is 5.09. The number of carboxylic acid groups (broad SMARTS) is 1. The largest absolute Gasteiger partial charge is 0.496 e. The zero-order valence-corrected chi connectivity index (χ0v) is 8.15. The minimum atomic E-state index is -0.946. The Kier molecular flexibility index (Phi) is 3.29. The molecule has 0 aliphatic heterocycles. The summed E-state index contributed by atoms with van der Waals surface area (Å²) in [5.41, 5.74) is 1.84. The molecule has 0 atom stereocenters. The maximum atomic E-state index is 10.3. The van der Waals surface area contributed by atoms with E-state index in [2.05, 4.69) is 0 Å². The molecule has 0 heterocycles. The van der Waals surface area contributed by atoms with Crippen molar-refractivity contribution >= 4 is 12.0 Å². The lowest BCUT2D eigenvalue weighted by molar-refractivity contribution is -0.131. The number of hydrogen-bond donors (Lipinski definition) is 1. The normalized spacial score (nSPS) is 10.4. The Hall–Kier alpha value is -1.77. The second-order valence-electron chi connectivity index (χ2n) is 2.90. The molecule has 0 saturated heterocycles. The van der Waals surface area contributed by atoms with Gasteiger partial charge in [-0.1, -0.05) is 6.07 Å². The molecule has 3 heteroatoms. The van der Waals surface area contributed by atoms with Gasteiger partial charge in [0.05, 0.1) is 7.11 Å². The van der Waals surface area contributed by atoms with E-state index in [9.17, 15) is 4.79 Å². The highest BCUT2D eigenvalue weighted by atomic mass is 16.5. The summed E-state index contributed by atoms with van der Waals surface area (Å²) in [5.74, 6) is -0.143. The summed E-state index contributed by atoms with van der Waals surface area (Å²) in [6.45, 7) is 1.91. The van der Waals surface area contributed by atoms with Crippen LogP contribution in [0, 0.1) is 6.92 Å². The SMILES string of the molecule is COc1ccc(/C=C/C(=O)O)cc1C. The Labute approximate surface area is 82.6 Å². The van der Waals surface area contributed by atoms with Crippen molar-refractivity contribution in [3.05, 3.63) is 35.4 Å². The van der Waals surface area contributed by atoms with Gasteiger partial charge in [-0.2, -0.15) is 0 Å². The van der Waals surface area contributed by atoms with Gasteiger partial charge in [0, 0.05) is 6.08 Å². The maximum absolute atomic E-state index is 10.3. The van der Waals surface area contributed by atoms with Crippen molar-refractivity contribution < 1.29 is 14.6 Å². The lowest BCUT2D eigenvalue weighted by Crippen LogP contribution is -1.88. The van der Waals surface area contributed by atoms with E-state index < -0.39 is 5.97 Å². The molecule has 0 amide bonds. The molecule has 0 aliphatic rings. The van der Waals surface area contributed by atoms with Gasteiger partial charge in [-0.3, -0.25) is 0 Å².